The predicted molar refractivity (Wildman–Crippen MR) is 147 cm³/mol. The Morgan fingerprint density at radius 3 is 2.35 bits per heavy atom. The number of anilines is 1. The summed E-state index contributed by atoms with van der Waals surface area (Å²) in [7, 11) is 1.24. The molecule has 1 fully saturated rings. The van der Waals surface area contributed by atoms with Crippen molar-refractivity contribution in [3.63, 3.8) is 0 Å². The summed E-state index contributed by atoms with van der Waals surface area (Å²) < 4.78 is 35.7. The number of hydrogen-bond donors (Lipinski definition) is 0. The van der Waals surface area contributed by atoms with Crippen LogP contribution in [0, 0.1) is 23.0 Å². The van der Waals surface area contributed by atoms with E-state index in [0.29, 0.717) is 34.8 Å². The van der Waals surface area contributed by atoms with Gasteiger partial charge in [-0.05, 0) is 68.1 Å². The second-order valence-corrected chi connectivity index (χ2v) is 10.2. The van der Waals surface area contributed by atoms with E-state index in [9.17, 15) is 23.6 Å². The average molecular weight is 563 g/mol. The van der Waals surface area contributed by atoms with Gasteiger partial charge in [0.25, 0.3) is 0 Å². The van der Waals surface area contributed by atoms with E-state index in [1.54, 1.807) is 34.9 Å². The molecule has 3 aromatic carbocycles. The standard InChI is InChI=1S/C30H25ClF2N4O3/c1-18(38)36(26-11-8-20(29(39)40-2)14-21(26)17-34)30(12-4-3-5-13-30)37-27-16-24(33)23(32)15-25(27)35-28(37)19-6-9-22(31)10-7-19/h6-11,14-16H,3-5,12-13H2,1-2H3. The lowest BCUT2D eigenvalue weighted by Crippen LogP contribution is -2.55. The summed E-state index contributed by atoms with van der Waals surface area (Å²) in [5.74, 6) is -2.67. The third kappa shape index (κ3) is 4.58. The van der Waals surface area contributed by atoms with Crippen LogP contribution in [0.25, 0.3) is 22.4 Å². The van der Waals surface area contributed by atoms with Crippen LogP contribution >= 0.6 is 11.6 Å². The lowest BCUT2D eigenvalue weighted by Gasteiger charge is -2.48. The van der Waals surface area contributed by atoms with Gasteiger partial charge in [0, 0.05) is 29.6 Å². The fraction of sp³-hybridized carbons (Fsp3) is 0.267. The number of fused-ring (bicyclic) bond motifs is 1. The SMILES string of the molecule is COC(=O)c1ccc(N(C(C)=O)C2(n3c(-c4ccc(Cl)cc4)nc4cc(F)c(F)cc43)CCCCC2)c(C#N)c1. The summed E-state index contributed by atoms with van der Waals surface area (Å²) in [6, 6.07) is 15.6. The molecule has 0 unspecified atom stereocenters. The summed E-state index contributed by atoms with van der Waals surface area (Å²) in [4.78, 5) is 32.0. The van der Waals surface area contributed by atoms with Crippen LogP contribution in [0.2, 0.25) is 5.02 Å². The summed E-state index contributed by atoms with van der Waals surface area (Å²) in [5.41, 5.74) is 0.582. The Balaban J connectivity index is 1.85. The third-order valence-corrected chi connectivity index (χ3v) is 7.63. The van der Waals surface area contributed by atoms with Gasteiger partial charge in [-0.1, -0.05) is 18.0 Å². The van der Waals surface area contributed by atoms with Gasteiger partial charge in [0.15, 0.2) is 11.6 Å². The molecule has 7 nitrogen and oxygen atoms in total. The van der Waals surface area contributed by atoms with E-state index >= 15 is 0 Å². The first kappa shape index (κ1) is 27.3. The van der Waals surface area contributed by atoms with E-state index in [1.807, 2.05) is 0 Å². The minimum atomic E-state index is -1.13. The number of benzene rings is 3. The lowest BCUT2D eigenvalue weighted by atomic mass is 9.85. The van der Waals surface area contributed by atoms with Crippen LogP contribution in [0.3, 0.4) is 0 Å². The number of aromatic nitrogens is 2. The highest BCUT2D eigenvalue weighted by molar-refractivity contribution is 6.30. The number of esters is 1. The smallest absolute Gasteiger partial charge is 0.337 e. The molecule has 0 bridgehead atoms. The van der Waals surface area contributed by atoms with Gasteiger partial charge in [0.1, 0.15) is 17.6 Å². The molecule has 1 aliphatic rings. The molecule has 204 valence electrons. The molecule has 5 rings (SSSR count). The Morgan fingerprint density at radius 2 is 1.73 bits per heavy atom. The topological polar surface area (TPSA) is 88.2 Å². The van der Waals surface area contributed by atoms with Crippen LogP contribution in [0.4, 0.5) is 14.5 Å². The Morgan fingerprint density at radius 1 is 1.05 bits per heavy atom. The van der Waals surface area contributed by atoms with Crippen molar-refractivity contribution >= 4 is 40.2 Å². The zero-order chi connectivity index (χ0) is 28.6. The number of carbonyl (C=O) groups is 2. The quantitative estimate of drug-likeness (QED) is 0.245. The lowest BCUT2D eigenvalue weighted by molar-refractivity contribution is -0.119. The van der Waals surface area contributed by atoms with E-state index < -0.39 is 23.3 Å². The van der Waals surface area contributed by atoms with Gasteiger partial charge in [-0.3, -0.25) is 14.3 Å². The largest absolute Gasteiger partial charge is 0.465 e. The van der Waals surface area contributed by atoms with Crippen molar-refractivity contribution < 1.29 is 23.1 Å². The molecular formula is C30H25ClF2N4O3. The van der Waals surface area contributed by atoms with Crippen molar-refractivity contribution in [2.75, 3.05) is 12.0 Å². The van der Waals surface area contributed by atoms with Crippen LogP contribution in [-0.2, 0) is 15.2 Å². The maximum absolute atomic E-state index is 14.7. The Bertz CT molecular complexity index is 1670. The van der Waals surface area contributed by atoms with Crippen molar-refractivity contribution in [2.24, 2.45) is 0 Å². The van der Waals surface area contributed by atoms with E-state index in [4.69, 9.17) is 21.3 Å². The molecule has 0 N–H and O–H groups in total. The number of carbonyl (C=O) groups excluding carboxylic acids is 2. The number of nitrogens with zero attached hydrogens (tertiary/aromatic N) is 4. The molecule has 0 spiro atoms. The molecule has 1 amide bonds. The van der Waals surface area contributed by atoms with Crippen LogP contribution in [0.5, 0.6) is 0 Å². The summed E-state index contributed by atoms with van der Waals surface area (Å²) in [5, 5.41) is 10.6. The molecule has 1 heterocycles. The van der Waals surface area contributed by atoms with Crippen molar-refractivity contribution in [3.8, 4) is 17.5 Å². The highest BCUT2D eigenvalue weighted by Gasteiger charge is 2.45. The normalized spacial score (nSPS) is 14.5. The minimum absolute atomic E-state index is 0.0951. The van der Waals surface area contributed by atoms with Gasteiger partial charge >= 0.3 is 5.97 Å². The molecule has 0 atom stereocenters. The second kappa shape index (κ2) is 10.7. The maximum Gasteiger partial charge on any atom is 0.337 e. The maximum atomic E-state index is 14.7. The molecule has 1 saturated carbocycles. The summed E-state index contributed by atoms with van der Waals surface area (Å²) >= 11 is 6.14. The van der Waals surface area contributed by atoms with Gasteiger partial charge in [-0.2, -0.15) is 5.26 Å². The molecule has 0 saturated heterocycles. The molecular weight excluding hydrogens is 538 g/mol. The van der Waals surface area contributed by atoms with Crippen molar-refractivity contribution in [3.05, 3.63) is 82.4 Å². The molecule has 4 aromatic rings. The van der Waals surface area contributed by atoms with E-state index in [-0.39, 0.29) is 28.2 Å². The van der Waals surface area contributed by atoms with Gasteiger partial charge in [-0.25, -0.2) is 18.6 Å². The number of imidazole rings is 1. The number of amides is 1. The summed E-state index contributed by atoms with van der Waals surface area (Å²) in [6.07, 6.45) is 3.29. The van der Waals surface area contributed by atoms with Crippen LogP contribution in [0.1, 0.15) is 54.9 Å². The molecule has 1 aliphatic carbocycles. The van der Waals surface area contributed by atoms with Crippen LogP contribution < -0.4 is 4.90 Å². The van der Waals surface area contributed by atoms with E-state index in [2.05, 4.69) is 6.07 Å². The highest BCUT2D eigenvalue weighted by atomic mass is 35.5. The first-order valence-electron chi connectivity index (χ1n) is 12.8. The zero-order valence-corrected chi connectivity index (χ0v) is 22.6. The Hall–Kier alpha value is -4.29. The Kier molecular flexibility index (Phi) is 7.30. The average Bonchev–Trinajstić information content (AvgIpc) is 3.32. The molecule has 1 aromatic heterocycles. The van der Waals surface area contributed by atoms with Gasteiger partial charge in [0.05, 0.1) is 35.0 Å². The molecule has 0 aliphatic heterocycles. The highest BCUT2D eigenvalue weighted by Crippen LogP contribution is 2.46. The number of ether oxygens (including phenoxy) is 1. The fourth-order valence-electron chi connectivity index (χ4n) is 5.70. The number of rotatable bonds is 5. The number of methoxy groups -OCH3 is 1. The molecule has 40 heavy (non-hydrogen) atoms. The number of halogens is 3. The first-order chi connectivity index (χ1) is 19.2. The summed E-state index contributed by atoms with van der Waals surface area (Å²) in [6.45, 7) is 1.40. The van der Waals surface area contributed by atoms with Crippen molar-refractivity contribution in [1.29, 1.82) is 5.26 Å². The third-order valence-electron chi connectivity index (χ3n) is 7.38. The van der Waals surface area contributed by atoms with E-state index in [1.165, 1.54) is 31.1 Å². The minimum Gasteiger partial charge on any atom is -0.465 e. The van der Waals surface area contributed by atoms with Gasteiger partial charge in [0.2, 0.25) is 5.91 Å². The van der Waals surface area contributed by atoms with Crippen molar-refractivity contribution in [2.45, 2.75) is 44.7 Å². The number of hydrogen-bond acceptors (Lipinski definition) is 5. The predicted octanol–water partition coefficient (Wildman–Crippen LogP) is 6.96. The fourth-order valence-corrected chi connectivity index (χ4v) is 5.83. The van der Waals surface area contributed by atoms with Crippen molar-refractivity contribution in [1.82, 2.24) is 9.55 Å². The number of nitriles is 1. The van der Waals surface area contributed by atoms with Gasteiger partial charge in [-0.15, -0.1) is 0 Å². The van der Waals surface area contributed by atoms with Gasteiger partial charge < -0.3 is 4.74 Å². The second-order valence-electron chi connectivity index (χ2n) is 9.77. The molecule has 10 heteroatoms. The first-order valence-corrected chi connectivity index (χ1v) is 13.1. The van der Waals surface area contributed by atoms with Crippen LogP contribution in [0.15, 0.2) is 54.6 Å². The monoisotopic (exact) mass is 562 g/mol. The Labute approximate surface area is 234 Å². The zero-order valence-electron chi connectivity index (χ0n) is 21.9. The van der Waals surface area contributed by atoms with Crippen LogP contribution in [-0.4, -0.2) is 28.5 Å². The van der Waals surface area contributed by atoms with E-state index in [0.717, 1.165) is 31.4 Å². The molecule has 0 radical (unpaired) electrons.